The molecular weight excluding hydrogens is 374 g/mol. The van der Waals surface area contributed by atoms with Crippen LogP contribution in [0.4, 0.5) is 5.69 Å². The van der Waals surface area contributed by atoms with Crippen LogP contribution in [-0.4, -0.2) is 18.7 Å². The SMILES string of the molecule is Cn1c(Sc2ccccc2N)nc2c1c(=O)n(Cc1ccccc1)c(=O)n2C. The van der Waals surface area contributed by atoms with E-state index in [1.54, 1.807) is 18.7 Å². The molecule has 0 spiro atoms. The summed E-state index contributed by atoms with van der Waals surface area (Å²) in [5.41, 5.74) is 7.54. The van der Waals surface area contributed by atoms with Crippen LogP contribution in [0.1, 0.15) is 5.56 Å². The Balaban J connectivity index is 1.87. The van der Waals surface area contributed by atoms with Gasteiger partial charge in [0.1, 0.15) is 0 Å². The highest BCUT2D eigenvalue weighted by molar-refractivity contribution is 7.99. The minimum atomic E-state index is -0.393. The summed E-state index contributed by atoms with van der Waals surface area (Å²) in [7, 11) is 3.40. The molecule has 2 N–H and O–H groups in total. The van der Waals surface area contributed by atoms with E-state index in [1.165, 1.54) is 20.9 Å². The summed E-state index contributed by atoms with van der Waals surface area (Å²) in [5.74, 6) is 0. The van der Waals surface area contributed by atoms with Gasteiger partial charge in [0.25, 0.3) is 5.56 Å². The number of rotatable bonds is 4. The maximum absolute atomic E-state index is 13.1. The molecule has 0 atom stereocenters. The number of anilines is 1. The summed E-state index contributed by atoms with van der Waals surface area (Å²) in [5, 5.41) is 0.595. The molecule has 0 saturated heterocycles. The molecule has 0 bridgehead atoms. The highest BCUT2D eigenvalue weighted by atomic mass is 32.2. The summed E-state index contributed by atoms with van der Waals surface area (Å²) in [6.45, 7) is 0.210. The van der Waals surface area contributed by atoms with E-state index < -0.39 is 5.69 Å². The first-order valence-electron chi connectivity index (χ1n) is 8.70. The topological polar surface area (TPSA) is 87.8 Å². The third-order valence-corrected chi connectivity index (χ3v) is 5.76. The predicted molar refractivity (Wildman–Crippen MR) is 111 cm³/mol. The zero-order valence-corrected chi connectivity index (χ0v) is 16.3. The Morgan fingerprint density at radius 2 is 1.64 bits per heavy atom. The van der Waals surface area contributed by atoms with Gasteiger partial charge in [0, 0.05) is 24.7 Å². The van der Waals surface area contributed by atoms with Gasteiger partial charge in [-0.25, -0.2) is 9.78 Å². The average molecular weight is 393 g/mol. The van der Waals surface area contributed by atoms with Gasteiger partial charge in [-0.05, 0) is 29.5 Å². The average Bonchev–Trinajstić information content (AvgIpc) is 3.03. The van der Waals surface area contributed by atoms with Gasteiger partial charge < -0.3 is 10.3 Å². The maximum atomic E-state index is 13.1. The fourth-order valence-corrected chi connectivity index (χ4v) is 3.98. The number of nitrogens with zero attached hydrogens (tertiary/aromatic N) is 4. The second-order valence-electron chi connectivity index (χ2n) is 6.48. The number of aromatic nitrogens is 4. The van der Waals surface area contributed by atoms with Crippen LogP contribution in [0.5, 0.6) is 0 Å². The van der Waals surface area contributed by atoms with E-state index in [2.05, 4.69) is 4.98 Å². The molecule has 0 unspecified atom stereocenters. The lowest BCUT2D eigenvalue weighted by Crippen LogP contribution is -2.39. The Kier molecular flexibility index (Phi) is 4.56. The van der Waals surface area contributed by atoms with E-state index >= 15 is 0 Å². The van der Waals surface area contributed by atoms with Crippen LogP contribution in [0, 0.1) is 0 Å². The standard InChI is InChI=1S/C20H19N5O2S/c1-23-16-17(22-19(23)28-15-11-7-6-10-14(15)21)24(2)20(27)25(18(16)26)12-13-8-4-3-5-9-13/h3-11H,12,21H2,1-2H3. The molecule has 0 aliphatic carbocycles. The molecule has 0 radical (unpaired) electrons. The molecule has 2 aromatic carbocycles. The van der Waals surface area contributed by atoms with Crippen molar-refractivity contribution < 1.29 is 0 Å². The van der Waals surface area contributed by atoms with E-state index in [1.807, 2.05) is 54.6 Å². The van der Waals surface area contributed by atoms with Gasteiger partial charge in [-0.1, -0.05) is 42.5 Å². The first-order valence-corrected chi connectivity index (χ1v) is 9.51. The summed E-state index contributed by atoms with van der Waals surface area (Å²) in [4.78, 5) is 31.3. The van der Waals surface area contributed by atoms with Crippen molar-refractivity contribution in [2.24, 2.45) is 14.1 Å². The molecule has 2 heterocycles. The minimum absolute atomic E-state index is 0.210. The van der Waals surface area contributed by atoms with Gasteiger partial charge in [-0.2, -0.15) is 0 Å². The van der Waals surface area contributed by atoms with Gasteiger partial charge in [0.05, 0.1) is 6.54 Å². The lowest BCUT2D eigenvalue weighted by atomic mass is 10.2. The maximum Gasteiger partial charge on any atom is 0.332 e. The molecule has 142 valence electrons. The minimum Gasteiger partial charge on any atom is -0.398 e. The van der Waals surface area contributed by atoms with Gasteiger partial charge >= 0.3 is 5.69 Å². The Labute approximate surface area is 165 Å². The molecule has 0 saturated carbocycles. The number of aryl methyl sites for hydroxylation is 2. The molecule has 0 amide bonds. The fourth-order valence-electron chi connectivity index (χ4n) is 3.09. The predicted octanol–water partition coefficient (Wildman–Crippen LogP) is 2.22. The van der Waals surface area contributed by atoms with Crippen LogP contribution < -0.4 is 17.0 Å². The number of nitrogen functional groups attached to an aromatic ring is 1. The van der Waals surface area contributed by atoms with Crippen molar-refractivity contribution in [1.82, 2.24) is 18.7 Å². The Morgan fingerprint density at radius 3 is 2.36 bits per heavy atom. The molecule has 28 heavy (non-hydrogen) atoms. The van der Waals surface area contributed by atoms with Crippen molar-refractivity contribution in [2.75, 3.05) is 5.73 Å². The first-order chi connectivity index (χ1) is 13.5. The summed E-state index contributed by atoms with van der Waals surface area (Å²) in [6, 6.07) is 16.9. The lowest BCUT2D eigenvalue weighted by Gasteiger charge is -2.08. The molecule has 2 aromatic heterocycles. The monoisotopic (exact) mass is 393 g/mol. The molecule has 0 fully saturated rings. The van der Waals surface area contributed by atoms with E-state index in [9.17, 15) is 9.59 Å². The van der Waals surface area contributed by atoms with E-state index in [0.29, 0.717) is 22.0 Å². The Hall–Kier alpha value is -3.26. The van der Waals surface area contributed by atoms with E-state index in [0.717, 1.165) is 10.5 Å². The van der Waals surface area contributed by atoms with Crippen molar-refractivity contribution in [2.45, 2.75) is 16.6 Å². The van der Waals surface area contributed by atoms with Crippen LogP contribution in [0.2, 0.25) is 0 Å². The van der Waals surface area contributed by atoms with Crippen molar-refractivity contribution in [3.05, 3.63) is 81.0 Å². The summed E-state index contributed by atoms with van der Waals surface area (Å²) < 4.78 is 4.37. The zero-order chi connectivity index (χ0) is 19.8. The van der Waals surface area contributed by atoms with Crippen molar-refractivity contribution in [3.8, 4) is 0 Å². The number of imidazole rings is 1. The molecule has 7 nitrogen and oxygen atoms in total. The van der Waals surface area contributed by atoms with Gasteiger partial charge in [0.2, 0.25) is 0 Å². The molecule has 0 aliphatic rings. The second kappa shape index (κ2) is 7.05. The van der Waals surface area contributed by atoms with Crippen LogP contribution in [0.25, 0.3) is 11.2 Å². The number of hydrogen-bond donors (Lipinski definition) is 1. The smallest absolute Gasteiger partial charge is 0.332 e. The van der Waals surface area contributed by atoms with Crippen molar-refractivity contribution >= 4 is 28.6 Å². The first kappa shape index (κ1) is 18.1. The number of benzene rings is 2. The van der Waals surface area contributed by atoms with Crippen molar-refractivity contribution in [3.63, 3.8) is 0 Å². The number of hydrogen-bond acceptors (Lipinski definition) is 5. The molecular formula is C20H19N5O2S. The number of nitrogens with two attached hydrogens (primary N) is 1. The van der Waals surface area contributed by atoms with Crippen LogP contribution in [0.15, 0.2) is 74.2 Å². The normalized spacial score (nSPS) is 11.2. The van der Waals surface area contributed by atoms with Crippen LogP contribution in [0.3, 0.4) is 0 Å². The van der Waals surface area contributed by atoms with Gasteiger partial charge in [0.15, 0.2) is 16.3 Å². The highest BCUT2D eigenvalue weighted by Crippen LogP contribution is 2.31. The van der Waals surface area contributed by atoms with Crippen LogP contribution in [-0.2, 0) is 20.6 Å². The molecule has 8 heteroatoms. The third kappa shape index (κ3) is 3.01. The van der Waals surface area contributed by atoms with Gasteiger partial charge in [-0.3, -0.25) is 13.9 Å². The second-order valence-corrected chi connectivity index (χ2v) is 7.49. The Bertz CT molecular complexity index is 1290. The third-order valence-electron chi connectivity index (χ3n) is 4.62. The van der Waals surface area contributed by atoms with E-state index in [-0.39, 0.29) is 12.1 Å². The largest absolute Gasteiger partial charge is 0.398 e. The van der Waals surface area contributed by atoms with Crippen molar-refractivity contribution in [1.29, 1.82) is 0 Å². The Morgan fingerprint density at radius 1 is 0.964 bits per heavy atom. The zero-order valence-electron chi connectivity index (χ0n) is 15.5. The fraction of sp³-hybridized carbons (Fsp3) is 0.150. The lowest BCUT2D eigenvalue weighted by molar-refractivity contribution is 0.655. The highest BCUT2D eigenvalue weighted by Gasteiger charge is 2.19. The molecule has 4 aromatic rings. The number of fused-ring (bicyclic) bond motifs is 1. The number of para-hydroxylation sites is 1. The van der Waals surface area contributed by atoms with Gasteiger partial charge in [-0.15, -0.1) is 0 Å². The molecule has 0 aliphatic heterocycles. The molecule has 4 rings (SSSR count). The van der Waals surface area contributed by atoms with E-state index in [4.69, 9.17) is 5.73 Å². The summed E-state index contributed by atoms with van der Waals surface area (Å²) >= 11 is 1.36. The van der Waals surface area contributed by atoms with Crippen LogP contribution >= 0.6 is 11.8 Å². The summed E-state index contributed by atoms with van der Waals surface area (Å²) in [6.07, 6.45) is 0. The quantitative estimate of drug-likeness (QED) is 0.537.